The Morgan fingerprint density at radius 1 is 1.30 bits per heavy atom. The molecule has 1 aromatic carbocycles. The summed E-state index contributed by atoms with van der Waals surface area (Å²) in [6.45, 7) is 4.55. The summed E-state index contributed by atoms with van der Waals surface area (Å²) in [5.41, 5.74) is 2.24. The first-order chi connectivity index (χ1) is 9.88. The molecule has 0 bridgehead atoms. The molecule has 1 unspecified atom stereocenters. The Kier molecular flexibility index (Phi) is 3.92. The van der Waals surface area contributed by atoms with Gasteiger partial charge in [0.2, 0.25) is 0 Å². The van der Waals surface area contributed by atoms with Crippen LogP contribution in [0.2, 0.25) is 0 Å². The van der Waals surface area contributed by atoms with Crippen molar-refractivity contribution in [3.63, 3.8) is 0 Å². The van der Waals surface area contributed by atoms with E-state index in [0.29, 0.717) is 0 Å². The van der Waals surface area contributed by atoms with Crippen LogP contribution in [0.5, 0.6) is 5.75 Å². The predicted octanol–water partition coefficient (Wildman–Crippen LogP) is 2.50. The Bertz CT molecular complexity index is 585. The van der Waals surface area contributed by atoms with E-state index in [4.69, 9.17) is 9.72 Å². The number of fused-ring (bicyclic) bond motifs is 1. The maximum absolute atomic E-state index is 5.70. The van der Waals surface area contributed by atoms with Gasteiger partial charge in [-0.1, -0.05) is 25.1 Å². The highest BCUT2D eigenvalue weighted by Crippen LogP contribution is 2.36. The minimum absolute atomic E-state index is 0.238. The highest BCUT2D eigenvalue weighted by Gasteiger charge is 2.24. The summed E-state index contributed by atoms with van der Waals surface area (Å²) in [7, 11) is 0. The zero-order chi connectivity index (χ0) is 13.8. The normalized spacial score (nSPS) is 17.4. The number of para-hydroxylation sites is 1. The SMILES string of the molecule is CCNCc1ccnc(C2CCOc3ccccc32)n1. The molecule has 1 atom stereocenters. The lowest BCUT2D eigenvalue weighted by molar-refractivity contribution is 0.274. The van der Waals surface area contributed by atoms with E-state index < -0.39 is 0 Å². The number of hydrogen-bond acceptors (Lipinski definition) is 4. The molecule has 2 heterocycles. The van der Waals surface area contributed by atoms with E-state index in [9.17, 15) is 0 Å². The second kappa shape index (κ2) is 6.01. The van der Waals surface area contributed by atoms with Crippen molar-refractivity contribution in [2.45, 2.75) is 25.8 Å². The van der Waals surface area contributed by atoms with Crippen molar-refractivity contribution >= 4 is 0 Å². The van der Waals surface area contributed by atoms with Crippen LogP contribution in [0.1, 0.15) is 36.3 Å². The maximum atomic E-state index is 5.70. The van der Waals surface area contributed by atoms with E-state index >= 15 is 0 Å². The third-order valence-corrected chi connectivity index (χ3v) is 3.56. The van der Waals surface area contributed by atoms with Crippen molar-refractivity contribution in [2.24, 2.45) is 0 Å². The van der Waals surface area contributed by atoms with Crippen molar-refractivity contribution in [3.8, 4) is 5.75 Å². The topological polar surface area (TPSA) is 47.0 Å². The highest BCUT2D eigenvalue weighted by molar-refractivity contribution is 5.40. The molecule has 1 aliphatic heterocycles. The molecule has 1 aromatic heterocycles. The van der Waals surface area contributed by atoms with E-state index in [1.807, 2.05) is 30.5 Å². The zero-order valence-corrected chi connectivity index (χ0v) is 11.7. The molecule has 0 spiro atoms. The average molecular weight is 269 g/mol. The third-order valence-electron chi connectivity index (χ3n) is 3.56. The van der Waals surface area contributed by atoms with Gasteiger partial charge in [0.25, 0.3) is 0 Å². The van der Waals surface area contributed by atoms with Crippen LogP contribution in [0, 0.1) is 0 Å². The van der Waals surface area contributed by atoms with Crippen LogP contribution in [-0.2, 0) is 6.54 Å². The number of nitrogens with one attached hydrogen (secondary N) is 1. The highest BCUT2D eigenvalue weighted by atomic mass is 16.5. The molecular weight excluding hydrogens is 250 g/mol. The van der Waals surface area contributed by atoms with Crippen LogP contribution >= 0.6 is 0 Å². The van der Waals surface area contributed by atoms with Gasteiger partial charge in [-0.2, -0.15) is 0 Å². The Hall–Kier alpha value is -1.94. The van der Waals surface area contributed by atoms with Crippen LogP contribution in [0.25, 0.3) is 0 Å². The molecule has 104 valence electrons. The van der Waals surface area contributed by atoms with E-state index in [1.165, 1.54) is 5.56 Å². The van der Waals surface area contributed by atoms with Gasteiger partial charge in [0.05, 0.1) is 18.2 Å². The van der Waals surface area contributed by atoms with Gasteiger partial charge >= 0.3 is 0 Å². The van der Waals surface area contributed by atoms with Gasteiger partial charge in [-0.25, -0.2) is 9.97 Å². The zero-order valence-electron chi connectivity index (χ0n) is 11.7. The summed E-state index contributed by atoms with van der Waals surface area (Å²) in [5.74, 6) is 2.10. The second-order valence-electron chi connectivity index (χ2n) is 4.91. The summed E-state index contributed by atoms with van der Waals surface area (Å²) in [6.07, 6.45) is 2.79. The first kappa shape index (κ1) is 13.1. The molecule has 1 N–H and O–H groups in total. The van der Waals surface area contributed by atoms with Crippen molar-refractivity contribution in [3.05, 3.63) is 53.6 Å². The van der Waals surface area contributed by atoms with E-state index in [1.54, 1.807) is 0 Å². The summed E-state index contributed by atoms with van der Waals surface area (Å²) in [6, 6.07) is 10.1. The molecule has 0 aliphatic carbocycles. The van der Waals surface area contributed by atoms with Crippen molar-refractivity contribution < 1.29 is 4.74 Å². The monoisotopic (exact) mass is 269 g/mol. The fourth-order valence-corrected chi connectivity index (χ4v) is 2.54. The number of benzene rings is 1. The Labute approximate surface area is 119 Å². The van der Waals surface area contributed by atoms with E-state index in [0.717, 1.165) is 43.4 Å². The average Bonchev–Trinajstić information content (AvgIpc) is 2.52. The summed E-state index contributed by atoms with van der Waals surface area (Å²) in [4.78, 5) is 9.18. The van der Waals surface area contributed by atoms with Crippen molar-refractivity contribution in [2.75, 3.05) is 13.2 Å². The predicted molar refractivity (Wildman–Crippen MR) is 77.8 cm³/mol. The first-order valence-corrected chi connectivity index (χ1v) is 7.12. The molecule has 3 rings (SSSR count). The van der Waals surface area contributed by atoms with Crippen LogP contribution in [0.4, 0.5) is 0 Å². The summed E-state index contributed by atoms with van der Waals surface area (Å²) < 4.78 is 5.70. The lowest BCUT2D eigenvalue weighted by Crippen LogP contribution is -2.19. The molecule has 0 amide bonds. The largest absolute Gasteiger partial charge is 0.493 e. The van der Waals surface area contributed by atoms with Gasteiger partial charge < -0.3 is 10.1 Å². The molecule has 4 nitrogen and oxygen atoms in total. The molecule has 0 saturated carbocycles. The lowest BCUT2D eigenvalue weighted by Gasteiger charge is -2.24. The number of rotatable bonds is 4. The second-order valence-corrected chi connectivity index (χ2v) is 4.91. The quantitative estimate of drug-likeness (QED) is 0.926. The molecule has 2 aromatic rings. The summed E-state index contributed by atoms with van der Waals surface area (Å²) >= 11 is 0. The fraction of sp³-hybridized carbons (Fsp3) is 0.375. The maximum Gasteiger partial charge on any atom is 0.136 e. The summed E-state index contributed by atoms with van der Waals surface area (Å²) in [5, 5.41) is 3.30. The minimum Gasteiger partial charge on any atom is -0.493 e. The molecular formula is C16H19N3O. The van der Waals surface area contributed by atoms with Crippen molar-refractivity contribution in [1.82, 2.24) is 15.3 Å². The van der Waals surface area contributed by atoms with Gasteiger partial charge in [0, 0.05) is 18.3 Å². The van der Waals surface area contributed by atoms with Crippen molar-refractivity contribution in [1.29, 1.82) is 0 Å². The van der Waals surface area contributed by atoms with E-state index in [2.05, 4.69) is 23.3 Å². The Balaban J connectivity index is 1.90. The number of aromatic nitrogens is 2. The lowest BCUT2D eigenvalue weighted by atomic mass is 9.92. The molecule has 1 aliphatic rings. The van der Waals surface area contributed by atoms with Crippen LogP contribution < -0.4 is 10.1 Å². The van der Waals surface area contributed by atoms with Gasteiger partial charge in [0.1, 0.15) is 11.6 Å². The molecule has 4 heteroatoms. The number of ether oxygens (including phenoxy) is 1. The van der Waals surface area contributed by atoms with Gasteiger partial charge in [-0.3, -0.25) is 0 Å². The van der Waals surface area contributed by atoms with Gasteiger partial charge in [0.15, 0.2) is 0 Å². The van der Waals surface area contributed by atoms with Crippen LogP contribution in [0.15, 0.2) is 36.5 Å². The molecule has 0 fully saturated rings. The minimum atomic E-state index is 0.238. The Morgan fingerprint density at radius 2 is 2.20 bits per heavy atom. The van der Waals surface area contributed by atoms with Gasteiger partial charge in [-0.15, -0.1) is 0 Å². The number of hydrogen-bond donors (Lipinski definition) is 1. The standard InChI is InChI=1S/C16H19N3O/c1-2-17-11-12-7-9-18-16(19-12)14-8-10-20-15-6-4-3-5-13(14)15/h3-7,9,14,17H,2,8,10-11H2,1H3. The van der Waals surface area contributed by atoms with Crippen LogP contribution in [0.3, 0.4) is 0 Å². The third kappa shape index (κ3) is 2.65. The molecule has 0 saturated heterocycles. The van der Waals surface area contributed by atoms with E-state index in [-0.39, 0.29) is 5.92 Å². The molecule has 20 heavy (non-hydrogen) atoms. The smallest absolute Gasteiger partial charge is 0.136 e. The Morgan fingerprint density at radius 3 is 3.10 bits per heavy atom. The fourth-order valence-electron chi connectivity index (χ4n) is 2.54. The number of nitrogens with zero attached hydrogens (tertiary/aromatic N) is 2. The first-order valence-electron chi connectivity index (χ1n) is 7.12. The van der Waals surface area contributed by atoms with Gasteiger partial charge in [-0.05, 0) is 25.1 Å². The van der Waals surface area contributed by atoms with Crippen LogP contribution in [-0.4, -0.2) is 23.1 Å². The molecule has 0 radical (unpaired) electrons.